The molecule has 7 heteroatoms. The molecule has 1 fully saturated rings. The number of nitrogens with zero attached hydrogens (tertiary/aromatic N) is 3. The molecule has 3 aromatic rings. The van der Waals surface area contributed by atoms with Crippen molar-refractivity contribution in [1.29, 1.82) is 0 Å². The van der Waals surface area contributed by atoms with Gasteiger partial charge in [-0.15, -0.1) is 0 Å². The molecule has 0 spiro atoms. The van der Waals surface area contributed by atoms with Crippen LogP contribution in [0.3, 0.4) is 0 Å². The summed E-state index contributed by atoms with van der Waals surface area (Å²) >= 11 is 0. The highest BCUT2D eigenvalue weighted by Crippen LogP contribution is 2.24. The van der Waals surface area contributed by atoms with E-state index in [1.165, 1.54) is 0 Å². The molecule has 152 valence electrons. The summed E-state index contributed by atoms with van der Waals surface area (Å²) in [4.78, 5) is 24.3. The van der Waals surface area contributed by atoms with Crippen molar-refractivity contribution in [2.75, 3.05) is 46.4 Å². The Balaban J connectivity index is 1.34. The Labute approximate surface area is 170 Å². The van der Waals surface area contributed by atoms with Crippen LogP contribution in [0.4, 0.5) is 0 Å². The average molecular weight is 393 g/mol. The SMILES string of the molecule is CN1CCN(CCCOc2ccc(-c3nc4c(C(N)=O)cccc4[nH]3)cc2)CC1. The van der Waals surface area contributed by atoms with Gasteiger partial charge in [-0.05, 0) is 49.9 Å². The monoisotopic (exact) mass is 393 g/mol. The van der Waals surface area contributed by atoms with Crippen LogP contribution < -0.4 is 10.5 Å². The van der Waals surface area contributed by atoms with E-state index in [-0.39, 0.29) is 0 Å². The topological polar surface area (TPSA) is 87.5 Å². The van der Waals surface area contributed by atoms with Gasteiger partial charge < -0.3 is 25.3 Å². The van der Waals surface area contributed by atoms with E-state index in [1.54, 1.807) is 12.1 Å². The number of imidazole rings is 1. The van der Waals surface area contributed by atoms with E-state index in [0.29, 0.717) is 23.5 Å². The van der Waals surface area contributed by atoms with Gasteiger partial charge in [-0.2, -0.15) is 0 Å². The van der Waals surface area contributed by atoms with E-state index < -0.39 is 5.91 Å². The summed E-state index contributed by atoms with van der Waals surface area (Å²) in [5.41, 5.74) is 8.19. The van der Waals surface area contributed by atoms with Crippen LogP contribution in [0.5, 0.6) is 5.75 Å². The normalized spacial score (nSPS) is 15.6. The molecule has 0 radical (unpaired) electrons. The molecule has 1 amide bonds. The lowest BCUT2D eigenvalue weighted by Crippen LogP contribution is -2.44. The van der Waals surface area contributed by atoms with Gasteiger partial charge in [0, 0.05) is 38.3 Å². The minimum absolute atomic E-state index is 0.422. The van der Waals surface area contributed by atoms with Crippen molar-refractivity contribution in [2.45, 2.75) is 6.42 Å². The summed E-state index contributed by atoms with van der Waals surface area (Å²) in [6.45, 7) is 6.35. The maximum absolute atomic E-state index is 11.6. The Hall–Kier alpha value is -2.90. The second-order valence-corrected chi connectivity index (χ2v) is 7.52. The number of fused-ring (bicyclic) bond motifs is 1. The summed E-state index contributed by atoms with van der Waals surface area (Å²) in [7, 11) is 2.17. The fourth-order valence-electron chi connectivity index (χ4n) is 3.63. The number of hydrogen-bond acceptors (Lipinski definition) is 5. The van der Waals surface area contributed by atoms with Crippen molar-refractivity contribution in [1.82, 2.24) is 19.8 Å². The molecule has 2 aromatic carbocycles. The molecule has 1 aromatic heterocycles. The minimum atomic E-state index is -0.478. The molecular weight excluding hydrogens is 366 g/mol. The number of ether oxygens (including phenoxy) is 1. The first-order valence-corrected chi connectivity index (χ1v) is 10.0. The fraction of sp³-hybridized carbons (Fsp3) is 0.364. The number of aromatic nitrogens is 2. The van der Waals surface area contributed by atoms with Gasteiger partial charge in [0.25, 0.3) is 5.91 Å². The Morgan fingerprint density at radius 1 is 1.14 bits per heavy atom. The summed E-state index contributed by atoms with van der Waals surface area (Å²) in [6.07, 6.45) is 1.02. The molecule has 0 aliphatic carbocycles. The van der Waals surface area contributed by atoms with Crippen LogP contribution in [0.25, 0.3) is 22.4 Å². The molecular formula is C22H27N5O2. The quantitative estimate of drug-likeness (QED) is 0.602. The van der Waals surface area contributed by atoms with Gasteiger partial charge in [-0.1, -0.05) is 6.07 Å². The van der Waals surface area contributed by atoms with E-state index >= 15 is 0 Å². The van der Waals surface area contributed by atoms with E-state index in [2.05, 4.69) is 26.8 Å². The molecule has 0 bridgehead atoms. The number of aromatic amines is 1. The standard InChI is InChI=1S/C22H27N5O2/c1-26-11-13-27(14-12-26)10-3-15-29-17-8-6-16(7-9-17)22-24-19-5-2-4-18(21(23)28)20(19)25-22/h2,4-9H,3,10-15H2,1H3,(H2,23,28)(H,24,25). The Kier molecular flexibility index (Phi) is 5.78. The number of primary amides is 1. The molecule has 0 atom stereocenters. The van der Waals surface area contributed by atoms with Crippen LogP contribution in [-0.4, -0.2) is 72.1 Å². The number of carbonyl (C=O) groups is 1. The minimum Gasteiger partial charge on any atom is -0.494 e. The largest absolute Gasteiger partial charge is 0.494 e. The van der Waals surface area contributed by atoms with Crippen molar-refractivity contribution in [2.24, 2.45) is 5.73 Å². The van der Waals surface area contributed by atoms with Crippen molar-refractivity contribution in [3.63, 3.8) is 0 Å². The molecule has 2 heterocycles. The molecule has 0 saturated carbocycles. The number of rotatable bonds is 7. The van der Waals surface area contributed by atoms with Crippen LogP contribution in [0.1, 0.15) is 16.8 Å². The van der Waals surface area contributed by atoms with Crippen LogP contribution in [-0.2, 0) is 0 Å². The van der Waals surface area contributed by atoms with Crippen LogP contribution in [0.2, 0.25) is 0 Å². The van der Waals surface area contributed by atoms with Gasteiger partial charge in [0.2, 0.25) is 0 Å². The number of carbonyl (C=O) groups excluding carboxylic acids is 1. The molecule has 1 aliphatic heterocycles. The van der Waals surface area contributed by atoms with Gasteiger partial charge in [0.1, 0.15) is 17.1 Å². The number of H-pyrrole nitrogens is 1. The zero-order valence-corrected chi connectivity index (χ0v) is 16.7. The van der Waals surface area contributed by atoms with E-state index in [1.807, 2.05) is 30.3 Å². The Bertz CT molecular complexity index is 975. The van der Waals surface area contributed by atoms with Gasteiger partial charge in [-0.3, -0.25) is 4.79 Å². The second kappa shape index (κ2) is 8.63. The molecule has 1 saturated heterocycles. The number of amides is 1. The summed E-state index contributed by atoms with van der Waals surface area (Å²) < 4.78 is 5.89. The summed E-state index contributed by atoms with van der Waals surface area (Å²) in [5, 5.41) is 0. The molecule has 3 N–H and O–H groups in total. The van der Waals surface area contributed by atoms with Gasteiger partial charge >= 0.3 is 0 Å². The van der Waals surface area contributed by atoms with Crippen LogP contribution in [0.15, 0.2) is 42.5 Å². The summed E-state index contributed by atoms with van der Waals surface area (Å²) in [6, 6.07) is 13.2. The highest BCUT2D eigenvalue weighted by Gasteiger charge is 2.13. The van der Waals surface area contributed by atoms with Crippen molar-refractivity contribution < 1.29 is 9.53 Å². The van der Waals surface area contributed by atoms with Crippen LogP contribution in [0, 0.1) is 0 Å². The third-order valence-corrected chi connectivity index (χ3v) is 5.39. The fourth-order valence-corrected chi connectivity index (χ4v) is 3.63. The van der Waals surface area contributed by atoms with Crippen molar-refractivity contribution in [3.05, 3.63) is 48.0 Å². The number of benzene rings is 2. The number of likely N-dealkylation sites (N-methyl/N-ethyl adjacent to an activating group) is 1. The predicted octanol–water partition coefficient (Wildman–Crippen LogP) is 2.35. The van der Waals surface area contributed by atoms with Crippen molar-refractivity contribution in [3.8, 4) is 17.1 Å². The first kappa shape index (κ1) is 19.4. The molecule has 4 rings (SSSR count). The number of para-hydroxylation sites is 1. The van der Waals surface area contributed by atoms with Gasteiger partial charge in [0.05, 0.1) is 17.7 Å². The average Bonchev–Trinajstić information content (AvgIpc) is 3.17. The zero-order valence-electron chi connectivity index (χ0n) is 16.7. The van der Waals surface area contributed by atoms with Gasteiger partial charge in [-0.25, -0.2) is 4.98 Å². The number of hydrogen-bond donors (Lipinski definition) is 2. The Morgan fingerprint density at radius 2 is 1.90 bits per heavy atom. The van der Waals surface area contributed by atoms with Crippen molar-refractivity contribution >= 4 is 16.9 Å². The third kappa shape index (κ3) is 4.58. The number of piperazine rings is 1. The lowest BCUT2D eigenvalue weighted by atomic mass is 10.2. The smallest absolute Gasteiger partial charge is 0.250 e. The van der Waals surface area contributed by atoms with E-state index in [9.17, 15) is 4.79 Å². The molecule has 7 nitrogen and oxygen atoms in total. The summed E-state index contributed by atoms with van der Waals surface area (Å²) in [5.74, 6) is 1.07. The highest BCUT2D eigenvalue weighted by molar-refractivity contribution is 6.04. The lowest BCUT2D eigenvalue weighted by molar-refractivity contribution is 0.100. The lowest BCUT2D eigenvalue weighted by Gasteiger charge is -2.32. The highest BCUT2D eigenvalue weighted by atomic mass is 16.5. The maximum atomic E-state index is 11.6. The maximum Gasteiger partial charge on any atom is 0.250 e. The number of nitrogens with one attached hydrogen (secondary N) is 1. The molecule has 29 heavy (non-hydrogen) atoms. The molecule has 0 unspecified atom stereocenters. The zero-order chi connectivity index (χ0) is 20.2. The van der Waals surface area contributed by atoms with Crippen LogP contribution >= 0.6 is 0 Å². The second-order valence-electron chi connectivity index (χ2n) is 7.52. The third-order valence-electron chi connectivity index (χ3n) is 5.39. The Morgan fingerprint density at radius 3 is 2.62 bits per heavy atom. The van der Waals surface area contributed by atoms with Gasteiger partial charge in [0.15, 0.2) is 0 Å². The first-order valence-electron chi connectivity index (χ1n) is 10.0. The number of nitrogens with two attached hydrogens (primary N) is 1. The first-order chi connectivity index (χ1) is 14.1. The molecule has 1 aliphatic rings. The van der Waals surface area contributed by atoms with E-state index in [4.69, 9.17) is 10.5 Å². The van der Waals surface area contributed by atoms with E-state index in [0.717, 1.165) is 56.0 Å². The predicted molar refractivity (Wildman–Crippen MR) is 114 cm³/mol.